The number of carbonyl (C=O) groups is 2. The summed E-state index contributed by atoms with van der Waals surface area (Å²) >= 11 is 0. The molecule has 27 heavy (non-hydrogen) atoms. The van der Waals surface area contributed by atoms with Crippen LogP contribution in [0.2, 0.25) is 0 Å². The molecule has 2 atom stereocenters. The van der Waals surface area contributed by atoms with E-state index >= 15 is 0 Å². The Labute approximate surface area is 157 Å². The van der Waals surface area contributed by atoms with E-state index in [9.17, 15) is 14.7 Å². The summed E-state index contributed by atoms with van der Waals surface area (Å²) in [5.74, 6) is -0.593. The van der Waals surface area contributed by atoms with Gasteiger partial charge in [-0.3, -0.25) is 10.2 Å². The maximum atomic E-state index is 12.0. The fourth-order valence-electron chi connectivity index (χ4n) is 3.00. The Morgan fingerprint density at radius 3 is 2.70 bits per heavy atom. The SMILES string of the molecule is CC(C)(C)OC(=O)NN1C[C@H](Oc2nccc3ccccc23)C[C@H]1C(=O)O. The van der Waals surface area contributed by atoms with E-state index in [1.54, 1.807) is 27.0 Å². The van der Waals surface area contributed by atoms with Crippen LogP contribution in [0.5, 0.6) is 5.88 Å². The first-order valence-corrected chi connectivity index (χ1v) is 8.72. The zero-order chi connectivity index (χ0) is 19.6. The lowest BCUT2D eigenvalue weighted by molar-refractivity contribution is -0.143. The standard InChI is InChI=1S/C19H23N3O5/c1-19(2,3)27-18(25)21-22-11-13(10-15(22)17(23)24)26-16-14-7-5-4-6-12(14)8-9-20-16/h4-9,13,15H,10-11H2,1-3H3,(H,21,25)(H,23,24)/t13-,15+/m1/s1. The van der Waals surface area contributed by atoms with Gasteiger partial charge in [0.1, 0.15) is 17.7 Å². The number of ether oxygens (including phenoxy) is 2. The molecule has 3 rings (SSSR count). The van der Waals surface area contributed by atoms with E-state index in [1.807, 2.05) is 30.3 Å². The molecule has 1 aromatic heterocycles. The first-order chi connectivity index (χ1) is 12.7. The number of pyridine rings is 1. The molecule has 2 N–H and O–H groups in total. The van der Waals surface area contributed by atoms with E-state index in [1.165, 1.54) is 5.01 Å². The number of fused-ring (bicyclic) bond motifs is 1. The second kappa shape index (κ2) is 7.40. The van der Waals surface area contributed by atoms with Gasteiger partial charge < -0.3 is 14.6 Å². The quantitative estimate of drug-likeness (QED) is 0.849. The number of hydrogen-bond donors (Lipinski definition) is 2. The van der Waals surface area contributed by atoms with Crippen molar-refractivity contribution in [3.63, 3.8) is 0 Å². The Hall–Kier alpha value is -2.87. The van der Waals surface area contributed by atoms with Crippen molar-refractivity contribution in [3.8, 4) is 5.88 Å². The number of aromatic nitrogens is 1. The van der Waals surface area contributed by atoms with Crippen molar-refractivity contribution in [2.75, 3.05) is 6.54 Å². The topological polar surface area (TPSA) is 101 Å². The number of nitrogens with zero attached hydrogens (tertiary/aromatic N) is 2. The smallest absolute Gasteiger partial charge is 0.422 e. The molecule has 0 unspecified atom stereocenters. The molecule has 1 aliphatic heterocycles. The number of amides is 1. The molecule has 1 amide bonds. The molecule has 1 aliphatic rings. The number of carboxylic acids is 1. The van der Waals surface area contributed by atoms with Crippen molar-refractivity contribution in [2.45, 2.75) is 44.9 Å². The minimum Gasteiger partial charge on any atom is -0.480 e. The normalized spacial score (nSPS) is 20.4. The average Bonchev–Trinajstić information content (AvgIpc) is 2.96. The lowest BCUT2D eigenvalue weighted by atomic mass is 10.1. The predicted molar refractivity (Wildman–Crippen MR) is 98.3 cm³/mol. The molecule has 0 aliphatic carbocycles. The molecule has 8 heteroatoms. The van der Waals surface area contributed by atoms with E-state index in [0.717, 1.165) is 10.8 Å². The Morgan fingerprint density at radius 1 is 1.26 bits per heavy atom. The molecule has 0 saturated carbocycles. The van der Waals surface area contributed by atoms with Crippen LogP contribution in [0.15, 0.2) is 36.5 Å². The summed E-state index contributed by atoms with van der Waals surface area (Å²) in [4.78, 5) is 27.9. The molecule has 2 heterocycles. The van der Waals surface area contributed by atoms with Crippen molar-refractivity contribution in [2.24, 2.45) is 0 Å². The molecule has 2 aromatic rings. The molecule has 8 nitrogen and oxygen atoms in total. The minimum absolute atomic E-state index is 0.209. The molecule has 1 saturated heterocycles. The molecule has 144 valence electrons. The Bertz CT molecular complexity index is 843. The Balaban J connectivity index is 1.72. The van der Waals surface area contributed by atoms with Gasteiger partial charge in [0.15, 0.2) is 0 Å². The highest BCUT2D eigenvalue weighted by Crippen LogP contribution is 2.27. The van der Waals surface area contributed by atoms with Gasteiger partial charge in [-0.25, -0.2) is 14.8 Å². The summed E-state index contributed by atoms with van der Waals surface area (Å²) in [7, 11) is 0. The number of benzene rings is 1. The minimum atomic E-state index is -1.04. The van der Waals surface area contributed by atoms with E-state index in [4.69, 9.17) is 9.47 Å². The summed E-state index contributed by atoms with van der Waals surface area (Å²) in [6, 6.07) is 8.65. The summed E-state index contributed by atoms with van der Waals surface area (Å²) in [6.07, 6.45) is 0.741. The van der Waals surface area contributed by atoms with E-state index in [0.29, 0.717) is 5.88 Å². The van der Waals surface area contributed by atoms with Gasteiger partial charge >= 0.3 is 12.1 Å². The Kier molecular flexibility index (Phi) is 5.18. The molecule has 0 bridgehead atoms. The zero-order valence-electron chi connectivity index (χ0n) is 15.5. The fraction of sp³-hybridized carbons (Fsp3) is 0.421. The number of nitrogens with one attached hydrogen (secondary N) is 1. The van der Waals surface area contributed by atoms with Gasteiger partial charge in [-0.15, -0.1) is 0 Å². The lowest BCUT2D eigenvalue weighted by Crippen LogP contribution is -2.50. The zero-order valence-corrected chi connectivity index (χ0v) is 15.5. The van der Waals surface area contributed by atoms with Crippen LogP contribution >= 0.6 is 0 Å². The highest BCUT2D eigenvalue weighted by Gasteiger charge is 2.40. The van der Waals surface area contributed by atoms with Crippen molar-refractivity contribution in [1.82, 2.24) is 15.4 Å². The number of rotatable bonds is 4. The molecule has 1 fully saturated rings. The van der Waals surface area contributed by atoms with Gasteiger partial charge in [0.2, 0.25) is 5.88 Å². The van der Waals surface area contributed by atoms with Crippen molar-refractivity contribution < 1.29 is 24.2 Å². The lowest BCUT2D eigenvalue weighted by Gasteiger charge is -2.25. The third-order valence-electron chi connectivity index (χ3n) is 4.10. The number of hydrogen-bond acceptors (Lipinski definition) is 6. The predicted octanol–water partition coefficient (Wildman–Crippen LogP) is 2.58. The Morgan fingerprint density at radius 2 is 2.00 bits per heavy atom. The van der Waals surface area contributed by atoms with Crippen LogP contribution in [-0.4, -0.2) is 51.5 Å². The summed E-state index contributed by atoms with van der Waals surface area (Å²) in [5, 5.41) is 12.7. The highest BCUT2D eigenvalue weighted by molar-refractivity contribution is 5.86. The summed E-state index contributed by atoms with van der Waals surface area (Å²) in [5.41, 5.74) is 1.84. The van der Waals surface area contributed by atoms with Crippen molar-refractivity contribution in [1.29, 1.82) is 0 Å². The first kappa shape index (κ1) is 18.9. The van der Waals surface area contributed by atoms with Gasteiger partial charge in [-0.2, -0.15) is 0 Å². The monoisotopic (exact) mass is 373 g/mol. The second-order valence-electron chi connectivity index (χ2n) is 7.43. The number of carboxylic acid groups (broad SMARTS) is 1. The molecule has 1 aromatic carbocycles. The maximum absolute atomic E-state index is 12.0. The van der Waals surface area contributed by atoms with Crippen LogP contribution in [0.3, 0.4) is 0 Å². The molecule has 0 spiro atoms. The third kappa shape index (κ3) is 4.65. The molecular formula is C19H23N3O5. The van der Waals surface area contributed by atoms with Crippen LogP contribution in [0.4, 0.5) is 4.79 Å². The second-order valence-corrected chi connectivity index (χ2v) is 7.43. The van der Waals surface area contributed by atoms with E-state index < -0.39 is 29.8 Å². The first-order valence-electron chi connectivity index (χ1n) is 8.72. The number of hydrazine groups is 1. The van der Waals surface area contributed by atoms with Crippen LogP contribution in [0.1, 0.15) is 27.2 Å². The maximum Gasteiger partial charge on any atom is 0.422 e. The number of aliphatic carboxylic acids is 1. The third-order valence-corrected chi connectivity index (χ3v) is 4.10. The van der Waals surface area contributed by atoms with Crippen LogP contribution in [0.25, 0.3) is 10.8 Å². The molecule has 0 radical (unpaired) electrons. The van der Waals surface area contributed by atoms with E-state index in [-0.39, 0.29) is 13.0 Å². The van der Waals surface area contributed by atoms with Crippen LogP contribution in [-0.2, 0) is 9.53 Å². The largest absolute Gasteiger partial charge is 0.480 e. The number of carbonyl (C=O) groups excluding carboxylic acids is 1. The summed E-state index contributed by atoms with van der Waals surface area (Å²) in [6.45, 7) is 5.43. The summed E-state index contributed by atoms with van der Waals surface area (Å²) < 4.78 is 11.2. The van der Waals surface area contributed by atoms with Crippen molar-refractivity contribution >= 4 is 22.8 Å². The van der Waals surface area contributed by atoms with Gasteiger partial charge in [0.05, 0.1) is 6.54 Å². The van der Waals surface area contributed by atoms with Gasteiger partial charge in [0.25, 0.3) is 0 Å². The van der Waals surface area contributed by atoms with E-state index in [2.05, 4.69) is 10.4 Å². The molecular weight excluding hydrogens is 350 g/mol. The average molecular weight is 373 g/mol. The van der Waals surface area contributed by atoms with Gasteiger partial charge in [-0.05, 0) is 38.3 Å². The fourth-order valence-corrected chi connectivity index (χ4v) is 3.00. The van der Waals surface area contributed by atoms with Crippen molar-refractivity contribution in [3.05, 3.63) is 36.5 Å². The van der Waals surface area contributed by atoms with Crippen LogP contribution < -0.4 is 10.2 Å². The highest BCUT2D eigenvalue weighted by atomic mass is 16.6. The van der Waals surface area contributed by atoms with Gasteiger partial charge in [-0.1, -0.05) is 18.2 Å². The van der Waals surface area contributed by atoms with Gasteiger partial charge in [0, 0.05) is 18.0 Å². The van der Waals surface area contributed by atoms with Crippen LogP contribution in [0, 0.1) is 0 Å².